The minimum atomic E-state index is 0.649. The van der Waals surface area contributed by atoms with Crippen LogP contribution in [0, 0.1) is 0 Å². The van der Waals surface area contributed by atoms with Crippen LogP contribution in [-0.2, 0) is 27.2 Å². The van der Waals surface area contributed by atoms with Crippen LogP contribution in [0.15, 0.2) is 24.3 Å². The lowest BCUT2D eigenvalue weighted by atomic mass is 10.1. The molecule has 1 aromatic rings. The average molecular weight is 267 g/mol. The third-order valence-corrected chi connectivity index (χ3v) is 2.73. The van der Waals surface area contributed by atoms with E-state index in [2.05, 4.69) is 24.3 Å². The predicted molar refractivity (Wildman–Crippen MR) is 76.2 cm³/mol. The number of ether oxygens (including phenoxy) is 3. The van der Waals surface area contributed by atoms with E-state index in [1.807, 2.05) is 0 Å². The normalized spacial score (nSPS) is 10.8. The molecule has 0 bridgehead atoms. The van der Waals surface area contributed by atoms with E-state index in [4.69, 9.17) is 19.9 Å². The van der Waals surface area contributed by atoms with Gasteiger partial charge in [-0.1, -0.05) is 24.3 Å². The number of methoxy groups -OCH3 is 1. The molecule has 0 aromatic heterocycles. The van der Waals surface area contributed by atoms with Crippen LogP contribution in [0.1, 0.15) is 17.5 Å². The molecule has 0 aliphatic rings. The minimum Gasteiger partial charge on any atom is -0.382 e. The summed E-state index contributed by atoms with van der Waals surface area (Å²) in [5.41, 5.74) is 7.98. The van der Waals surface area contributed by atoms with Crippen molar-refractivity contribution < 1.29 is 14.2 Å². The van der Waals surface area contributed by atoms with Crippen molar-refractivity contribution in [3.05, 3.63) is 35.4 Å². The highest BCUT2D eigenvalue weighted by molar-refractivity contribution is 5.22. The first kappa shape index (κ1) is 16.1. The van der Waals surface area contributed by atoms with Gasteiger partial charge in [0.15, 0.2) is 0 Å². The second-order valence-electron chi connectivity index (χ2n) is 4.37. The molecule has 0 radical (unpaired) electrons. The summed E-state index contributed by atoms with van der Waals surface area (Å²) in [4.78, 5) is 0. The average Bonchev–Trinajstić information content (AvgIpc) is 2.44. The Kier molecular flexibility index (Phi) is 9.27. The summed E-state index contributed by atoms with van der Waals surface area (Å²) in [6.45, 7) is 4.09. The van der Waals surface area contributed by atoms with Crippen molar-refractivity contribution in [3.8, 4) is 0 Å². The standard InChI is InChI=1S/C15H25NO3/c1-17-11-12-18-9-2-10-19-13-15-5-3-14(4-6-15)7-8-16/h3-6H,2,7-13,16H2,1H3. The van der Waals surface area contributed by atoms with Crippen LogP contribution < -0.4 is 5.73 Å². The van der Waals surface area contributed by atoms with Gasteiger partial charge in [-0.05, 0) is 30.5 Å². The van der Waals surface area contributed by atoms with Gasteiger partial charge >= 0.3 is 0 Å². The summed E-state index contributed by atoms with van der Waals surface area (Å²) in [6.07, 6.45) is 1.84. The molecule has 108 valence electrons. The van der Waals surface area contributed by atoms with Crippen LogP contribution in [-0.4, -0.2) is 40.1 Å². The molecule has 2 N–H and O–H groups in total. The van der Waals surface area contributed by atoms with E-state index in [9.17, 15) is 0 Å². The van der Waals surface area contributed by atoms with Gasteiger partial charge in [0.25, 0.3) is 0 Å². The molecule has 0 unspecified atom stereocenters. The molecule has 0 aliphatic carbocycles. The van der Waals surface area contributed by atoms with Crippen molar-refractivity contribution in [2.24, 2.45) is 5.73 Å². The summed E-state index contributed by atoms with van der Waals surface area (Å²) in [5.74, 6) is 0. The van der Waals surface area contributed by atoms with Crippen molar-refractivity contribution >= 4 is 0 Å². The van der Waals surface area contributed by atoms with E-state index < -0.39 is 0 Å². The van der Waals surface area contributed by atoms with Gasteiger partial charge in [-0.3, -0.25) is 0 Å². The third kappa shape index (κ3) is 7.95. The van der Waals surface area contributed by atoms with E-state index in [1.54, 1.807) is 7.11 Å². The molecule has 0 spiro atoms. The SMILES string of the molecule is COCCOCCCOCc1ccc(CCN)cc1. The topological polar surface area (TPSA) is 53.7 Å². The van der Waals surface area contributed by atoms with Crippen LogP contribution in [0.4, 0.5) is 0 Å². The Morgan fingerprint density at radius 2 is 1.58 bits per heavy atom. The Morgan fingerprint density at radius 3 is 2.26 bits per heavy atom. The summed E-state index contributed by atoms with van der Waals surface area (Å²) >= 11 is 0. The molecular weight excluding hydrogens is 242 g/mol. The summed E-state index contributed by atoms with van der Waals surface area (Å²) in [7, 11) is 1.67. The fraction of sp³-hybridized carbons (Fsp3) is 0.600. The number of hydrogen-bond acceptors (Lipinski definition) is 4. The molecule has 4 heteroatoms. The second-order valence-corrected chi connectivity index (χ2v) is 4.37. The van der Waals surface area contributed by atoms with Gasteiger partial charge in [0.1, 0.15) is 0 Å². The Hall–Kier alpha value is -0.940. The molecule has 0 saturated heterocycles. The first-order chi connectivity index (χ1) is 9.36. The quantitative estimate of drug-likeness (QED) is 0.621. The minimum absolute atomic E-state index is 0.649. The monoisotopic (exact) mass is 267 g/mol. The molecule has 4 nitrogen and oxygen atoms in total. The zero-order valence-electron chi connectivity index (χ0n) is 11.8. The first-order valence-corrected chi connectivity index (χ1v) is 6.79. The molecule has 1 aromatic carbocycles. The third-order valence-electron chi connectivity index (χ3n) is 2.73. The van der Waals surface area contributed by atoms with Crippen LogP contribution in [0.3, 0.4) is 0 Å². The molecule has 0 aliphatic heterocycles. The number of rotatable bonds is 11. The van der Waals surface area contributed by atoms with Crippen LogP contribution in [0.2, 0.25) is 0 Å². The Morgan fingerprint density at radius 1 is 0.895 bits per heavy atom. The smallest absolute Gasteiger partial charge is 0.0716 e. The predicted octanol–water partition coefficient (Wildman–Crippen LogP) is 1.76. The molecule has 0 saturated carbocycles. The molecule has 0 fully saturated rings. The first-order valence-electron chi connectivity index (χ1n) is 6.79. The highest BCUT2D eigenvalue weighted by Crippen LogP contribution is 2.06. The lowest BCUT2D eigenvalue weighted by Crippen LogP contribution is -2.05. The van der Waals surface area contributed by atoms with Gasteiger partial charge in [-0.15, -0.1) is 0 Å². The molecule has 0 heterocycles. The van der Waals surface area contributed by atoms with E-state index >= 15 is 0 Å². The largest absolute Gasteiger partial charge is 0.382 e. The van der Waals surface area contributed by atoms with Crippen molar-refractivity contribution in [1.29, 1.82) is 0 Å². The number of nitrogens with two attached hydrogens (primary N) is 1. The molecule has 1 rings (SSSR count). The fourth-order valence-electron chi connectivity index (χ4n) is 1.67. The Labute approximate surface area is 115 Å². The summed E-state index contributed by atoms with van der Waals surface area (Å²) in [5, 5.41) is 0. The summed E-state index contributed by atoms with van der Waals surface area (Å²) < 4.78 is 15.8. The van der Waals surface area contributed by atoms with Gasteiger partial charge in [0.2, 0.25) is 0 Å². The van der Waals surface area contributed by atoms with Gasteiger partial charge in [-0.25, -0.2) is 0 Å². The maximum absolute atomic E-state index is 5.59. The second kappa shape index (κ2) is 10.9. The zero-order valence-corrected chi connectivity index (χ0v) is 11.8. The van der Waals surface area contributed by atoms with E-state index in [0.29, 0.717) is 26.4 Å². The van der Waals surface area contributed by atoms with E-state index in [0.717, 1.165) is 26.1 Å². The van der Waals surface area contributed by atoms with Gasteiger partial charge in [0, 0.05) is 20.3 Å². The van der Waals surface area contributed by atoms with E-state index in [-0.39, 0.29) is 0 Å². The number of hydrogen-bond donors (Lipinski definition) is 1. The van der Waals surface area contributed by atoms with E-state index in [1.165, 1.54) is 11.1 Å². The maximum Gasteiger partial charge on any atom is 0.0716 e. The lowest BCUT2D eigenvalue weighted by Gasteiger charge is -2.06. The molecule has 0 amide bonds. The van der Waals surface area contributed by atoms with Crippen LogP contribution >= 0.6 is 0 Å². The molecular formula is C15H25NO3. The maximum atomic E-state index is 5.59. The van der Waals surface area contributed by atoms with Gasteiger partial charge < -0.3 is 19.9 Å². The van der Waals surface area contributed by atoms with Gasteiger partial charge in [0.05, 0.1) is 19.8 Å². The molecule has 19 heavy (non-hydrogen) atoms. The van der Waals surface area contributed by atoms with Crippen LogP contribution in [0.5, 0.6) is 0 Å². The highest BCUT2D eigenvalue weighted by atomic mass is 16.5. The van der Waals surface area contributed by atoms with Crippen molar-refractivity contribution in [2.45, 2.75) is 19.4 Å². The number of benzene rings is 1. The highest BCUT2D eigenvalue weighted by Gasteiger charge is 1.95. The Bertz CT molecular complexity index is 314. The van der Waals surface area contributed by atoms with Gasteiger partial charge in [-0.2, -0.15) is 0 Å². The van der Waals surface area contributed by atoms with Crippen LogP contribution in [0.25, 0.3) is 0 Å². The lowest BCUT2D eigenvalue weighted by molar-refractivity contribution is 0.0483. The fourth-order valence-corrected chi connectivity index (χ4v) is 1.67. The van der Waals surface area contributed by atoms with Crippen molar-refractivity contribution in [3.63, 3.8) is 0 Å². The Balaban J connectivity index is 2.02. The van der Waals surface area contributed by atoms with Crippen molar-refractivity contribution in [2.75, 3.05) is 40.1 Å². The summed E-state index contributed by atoms with van der Waals surface area (Å²) in [6, 6.07) is 8.42. The zero-order chi connectivity index (χ0) is 13.8. The molecule has 0 atom stereocenters. The van der Waals surface area contributed by atoms with Crippen molar-refractivity contribution in [1.82, 2.24) is 0 Å².